The summed E-state index contributed by atoms with van der Waals surface area (Å²) in [7, 11) is 0. The van der Waals surface area contributed by atoms with E-state index in [0.717, 1.165) is 47.7 Å². The van der Waals surface area contributed by atoms with E-state index in [-0.39, 0.29) is 7.43 Å². The van der Waals surface area contributed by atoms with Gasteiger partial charge in [-0.2, -0.15) is 0 Å². The molecular formula is C40H60N2. The van der Waals surface area contributed by atoms with E-state index in [1.165, 1.54) is 68.1 Å². The first-order chi connectivity index (χ1) is 19.7. The van der Waals surface area contributed by atoms with Gasteiger partial charge in [0.05, 0.1) is 11.0 Å². The fraction of sp³-hybridized carbons (Fsp3) is 0.500. The molecule has 1 saturated carbocycles. The van der Waals surface area contributed by atoms with Crippen LogP contribution in [0.3, 0.4) is 0 Å². The molecule has 1 fully saturated rings. The lowest BCUT2D eigenvalue weighted by molar-refractivity contribution is 0.131. The fourth-order valence-corrected chi connectivity index (χ4v) is 6.15. The average Bonchev–Trinajstić information content (AvgIpc) is 3.35. The number of hydrogen-bond acceptors (Lipinski definition) is 1. The highest BCUT2D eigenvalue weighted by Crippen LogP contribution is 2.47. The van der Waals surface area contributed by atoms with Gasteiger partial charge in [-0.25, -0.2) is 4.98 Å². The van der Waals surface area contributed by atoms with Crippen LogP contribution in [0.2, 0.25) is 0 Å². The molecule has 230 valence electrons. The van der Waals surface area contributed by atoms with Crippen molar-refractivity contribution in [2.45, 2.75) is 120 Å². The van der Waals surface area contributed by atoms with Crippen molar-refractivity contribution in [1.29, 1.82) is 0 Å². The lowest BCUT2D eigenvalue weighted by Gasteiger charge is -2.41. The number of hydrogen-bond donors (Lipinski definition) is 0. The van der Waals surface area contributed by atoms with Gasteiger partial charge in [0.1, 0.15) is 5.82 Å². The van der Waals surface area contributed by atoms with Crippen LogP contribution in [0.15, 0.2) is 91.2 Å². The van der Waals surface area contributed by atoms with E-state index >= 15 is 0 Å². The van der Waals surface area contributed by atoms with Gasteiger partial charge in [0.2, 0.25) is 0 Å². The van der Waals surface area contributed by atoms with E-state index in [1.54, 1.807) is 0 Å². The summed E-state index contributed by atoms with van der Waals surface area (Å²) in [5.41, 5.74) is 11.0. The second kappa shape index (κ2) is 19.2. The molecule has 0 aliphatic heterocycles. The second-order valence-corrected chi connectivity index (χ2v) is 11.9. The normalized spacial score (nSPS) is 13.9. The number of fused-ring (bicyclic) bond motifs is 1. The molecule has 0 bridgehead atoms. The predicted molar refractivity (Wildman–Crippen MR) is 189 cm³/mol. The second-order valence-electron chi connectivity index (χ2n) is 11.9. The molecule has 42 heavy (non-hydrogen) atoms. The number of imidazole rings is 1. The summed E-state index contributed by atoms with van der Waals surface area (Å²) < 4.78 is 2.23. The van der Waals surface area contributed by atoms with E-state index in [4.69, 9.17) is 0 Å². The maximum absolute atomic E-state index is 4.67. The van der Waals surface area contributed by atoms with Crippen LogP contribution in [-0.4, -0.2) is 9.55 Å². The number of allylic oxidation sites excluding steroid dienone is 3. The molecule has 1 aromatic heterocycles. The summed E-state index contributed by atoms with van der Waals surface area (Å²) in [6, 6.07) is 18.7. The van der Waals surface area contributed by atoms with Gasteiger partial charge >= 0.3 is 0 Å². The molecule has 2 aromatic carbocycles. The van der Waals surface area contributed by atoms with E-state index in [2.05, 4.69) is 93.0 Å². The SMILES string of the molecule is C.C=C(C)CC.C=C(C)c1nc2ccccc2n1Cc1ccccc1.C=C=C(CC)C1CCC(CCC)(CCC)CC1. The van der Waals surface area contributed by atoms with E-state index in [9.17, 15) is 0 Å². The molecule has 0 atom stereocenters. The van der Waals surface area contributed by atoms with Crippen molar-refractivity contribution in [3.8, 4) is 0 Å². The van der Waals surface area contributed by atoms with Crippen molar-refractivity contribution < 1.29 is 0 Å². The Morgan fingerprint density at radius 3 is 1.90 bits per heavy atom. The predicted octanol–water partition coefficient (Wildman–Crippen LogP) is 12.6. The van der Waals surface area contributed by atoms with Gasteiger partial charge in [0.15, 0.2) is 0 Å². The van der Waals surface area contributed by atoms with E-state index in [1.807, 2.05) is 38.1 Å². The molecule has 1 aliphatic rings. The standard InChI is InChI=1S/C17H16N2.C17H30.C5H10.CH4/c1-13(2)17-18-15-10-6-7-11-16(15)19(17)12-14-8-4-3-5-9-14;1-5-11-17(12-6-2)13-9-16(10-14-17)15(7-3)8-4;1-4-5(2)3;/h3-11H,1,12H2,2H3;16H,3,5-6,8-14H2,1-2,4H3;2,4H2,1,3H3;1H4. The molecule has 4 rings (SSSR count). The fourth-order valence-electron chi connectivity index (χ4n) is 6.15. The minimum Gasteiger partial charge on any atom is -0.320 e. The van der Waals surface area contributed by atoms with Gasteiger partial charge in [-0.1, -0.05) is 109 Å². The summed E-state index contributed by atoms with van der Waals surface area (Å²) in [6.45, 7) is 25.4. The van der Waals surface area contributed by atoms with Crippen molar-refractivity contribution in [1.82, 2.24) is 9.55 Å². The van der Waals surface area contributed by atoms with Crippen LogP contribution in [-0.2, 0) is 6.54 Å². The summed E-state index contributed by atoms with van der Waals surface area (Å²) >= 11 is 0. The van der Waals surface area contributed by atoms with Gasteiger partial charge < -0.3 is 4.57 Å². The van der Waals surface area contributed by atoms with Gasteiger partial charge in [0, 0.05) is 6.54 Å². The highest BCUT2D eigenvalue weighted by molar-refractivity contribution is 5.79. The molecule has 2 heteroatoms. The Morgan fingerprint density at radius 1 is 0.881 bits per heavy atom. The van der Waals surface area contributed by atoms with Crippen molar-refractivity contribution in [2.24, 2.45) is 11.3 Å². The van der Waals surface area contributed by atoms with Gasteiger partial charge in [-0.3, -0.25) is 0 Å². The number of rotatable bonds is 10. The molecule has 1 aliphatic carbocycles. The van der Waals surface area contributed by atoms with Crippen molar-refractivity contribution in [3.63, 3.8) is 0 Å². The Morgan fingerprint density at radius 2 is 1.43 bits per heavy atom. The molecule has 0 amide bonds. The van der Waals surface area contributed by atoms with Crippen LogP contribution in [0.1, 0.15) is 125 Å². The zero-order chi connectivity index (χ0) is 30.3. The molecule has 0 N–H and O–H groups in total. The molecule has 0 unspecified atom stereocenters. The molecule has 0 saturated heterocycles. The van der Waals surface area contributed by atoms with Crippen LogP contribution in [0.4, 0.5) is 0 Å². The highest BCUT2D eigenvalue weighted by atomic mass is 15.1. The Balaban J connectivity index is 0.000000357. The zero-order valence-electron chi connectivity index (χ0n) is 27.1. The van der Waals surface area contributed by atoms with Crippen molar-refractivity contribution >= 4 is 16.6 Å². The van der Waals surface area contributed by atoms with Crippen LogP contribution in [0.25, 0.3) is 16.6 Å². The third-order valence-electron chi connectivity index (χ3n) is 8.53. The minimum atomic E-state index is 0. The molecule has 3 aromatic rings. The summed E-state index contributed by atoms with van der Waals surface area (Å²) in [4.78, 5) is 4.67. The highest BCUT2D eigenvalue weighted by Gasteiger charge is 2.34. The summed E-state index contributed by atoms with van der Waals surface area (Å²) in [5, 5.41) is 0. The Hall–Kier alpha value is -3.09. The van der Waals surface area contributed by atoms with E-state index < -0.39 is 0 Å². The third-order valence-corrected chi connectivity index (χ3v) is 8.53. The maximum atomic E-state index is 4.67. The molecule has 0 radical (unpaired) electrons. The summed E-state index contributed by atoms with van der Waals surface area (Å²) in [5.74, 6) is 1.75. The number of aromatic nitrogens is 2. The molecule has 2 nitrogen and oxygen atoms in total. The van der Waals surface area contributed by atoms with Crippen LogP contribution in [0, 0.1) is 11.3 Å². The number of nitrogens with zero attached hydrogens (tertiary/aromatic N) is 2. The Kier molecular flexibility index (Phi) is 16.9. The zero-order valence-corrected chi connectivity index (χ0v) is 27.1. The first kappa shape index (κ1) is 36.9. The third kappa shape index (κ3) is 11.0. The van der Waals surface area contributed by atoms with Gasteiger partial charge in [0.25, 0.3) is 0 Å². The van der Waals surface area contributed by atoms with E-state index in [0.29, 0.717) is 5.41 Å². The Labute approximate surface area is 259 Å². The maximum Gasteiger partial charge on any atom is 0.136 e. The lowest BCUT2D eigenvalue weighted by Crippen LogP contribution is -2.28. The monoisotopic (exact) mass is 568 g/mol. The molecule has 1 heterocycles. The molecule has 0 spiro atoms. The van der Waals surface area contributed by atoms with Gasteiger partial charge in [-0.15, -0.1) is 12.3 Å². The van der Waals surface area contributed by atoms with Crippen LogP contribution >= 0.6 is 0 Å². The Bertz CT molecular complexity index is 1250. The van der Waals surface area contributed by atoms with Gasteiger partial charge in [-0.05, 0) is 105 Å². The van der Waals surface area contributed by atoms with Crippen molar-refractivity contribution in [2.75, 3.05) is 0 Å². The number of benzene rings is 2. The topological polar surface area (TPSA) is 17.8 Å². The first-order valence-electron chi connectivity index (χ1n) is 15.9. The first-order valence-corrected chi connectivity index (χ1v) is 15.9. The largest absolute Gasteiger partial charge is 0.320 e. The lowest BCUT2D eigenvalue weighted by atomic mass is 9.64. The molecular weight excluding hydrogens is 508 g/mol. The smallest absolute Gasteiger partial charge is 0.136 e. The number of para-hydroxylation sites is 2. The quantitative estimate of drug-likeness (QED) is 0.176. The van der Waals surface area contributed by atoms with Crippen LogP contribution < -0.4 is 0 Å². The van der Waals surface area contributed by atoms with Crippen molar-refractivity contribution in [3.05, 3.63) is 103 Å². The minimum absolute atomic E-state index is 0. The average molecular weight is 569 g/mol. The summed E-state index contributed by atoms with van der Waals surface area (Å²) in [6.07, 6.45) is 13.5. The van der Waals surface area contributed by atoms with Crippen LogP contribution in [0.5, 0.6) is 0 Å².